The van der Waals surface area contributed by atoms with E-state index in [9.17, 15) is 0 Å². The van der Waals surface area contributed by atoms with E-state index in [1.54, 1.807) is 0 Å². The summed E-state index contributed by atoms with van der Waals surface area (Å²) >= 11 is 0. The smallest absolute Gasteiger partial charge is 0.0238 e. The Balaban J connectivity index is 1.88. The van der Waals surface area contributed by atoms with Crippen LogP contribution in [-0.4, -0.2) is 36.1 Å². The second-order valence-electron chi connectivity index (χ2n) is 5.57. The van der Waals surface area contributed by atoms with Crippen molar-refractivity contribution in [2.45, 2.75) is 57.5 Å². The van der Waals surface area contributed by atoms with Crippen molar-refractivity contribution in [1.82, 2.24) is 10.2 Å². The molecular formula is C12H24N2. The van der Waals surface area contributed by atoms with E-state index in [1.165, 1.54) is 51.7 Å². The predicted molar refractivity (Wildman–Crippen MR) is 60.5 cm³/mol. The highest BCUT2D eigenvalue weighted by Gasteiger charge is 2.33. The van der Waals surface area contributed by atoms with E-state index >= 15 is 0 Å². The fraction of sp³-hybridized carbons (Fsp3) is 1.00. The van der Waals surface area contributed by atoms with Crippen LogP contribution in [0.15, 0.2) is 0 Å². The molecule has 2 heterocycles. The lowest BCUT2D eigenvalue weighted by atomic mass is 10.0. The average Bonchev–Trinajstić information content (AvgIpc) is 2.42. The van der Waals surface area contributed by atoms with Crippen molar-refractivity contribution in [2.75, 3.05) is 19.6 Å². The van der Waals surface area contributed by atoms with Gasteiger partial charge in [0.2, 0.25) is 0 Å². The van der Waals surface area contributed by atoms with Crippen LogP contribution in [0.25, 0.3) is 0 Å². The minimum Gasteiger partial charge on any atom is -0.310 e. The highest BCUT2D eigenvalue weighted by molar-refractivity contribution is 4.94. The lowest BCUT2D eigenvalue weighted by Gasteiger charge is -2.27. The Morgan fingerprint density at radius 1 is 1.07 bits per heavy atom. The molecule has 14 heavy (non-hydrogen) atoms. The van der Waals surface area contributed by atoms with Crippen LogP contribution in [0.3, 0.4) is 0 Å². The van der Waals surface area contributed by atoms with Crippen molar-refractivity contribution in [3.8, 4) is 0 Å². The molecule has 2 saturated heterocycles. The van der Waals surface area contributed by atoms with Gasteiger partial charge in [0.25, 0.3) is 0 Å². The summed E-state index contributed by atoms with van der Waals surface area (Å²) in [6.45, 7) is 8.52. The average molecular weight is 196 g/mol. The van der Waals surface area contributed by atoms with E-state index in [4.69, 9.17) is 0 Å². The molecule has 0 spiro atoms. The van der Waals surface area contributed by atoms with Crippen LogP contribution in [0.5, 0.6) is 0 Å². The monoisotopic (exact) mass is 196 g/mol. The number of hydrogen-bond acceptors (Lipinski definition) is 2. The summed E-state index contributed by atoms with van der Waals surface area (Å²) in [7, 11) is 0. The molecule has 1 N–H and O–H groups in total. The van der Waals surface area contributed by atoms with Crippen LogP contribution in [-0.2, 0) is 0 Å². The first-order valence-electron chi connectivity index (χ1n) is 6.16. The molecule has 2 nitrogen and oxygen atoms in total. The first-order valence-corrected chi connectivity index (χ1v) is 6.16. The number of rotatable bonds is 1. The zero-order valence-corrected chi connectivity index (χ0v) is 9.68. The van der Waals surface area contributed by atoms with E-state index in [-0.39, 0.29) is 0 Å². The summed E-state index contributed by atoms with van der Waals surface area (Å²) in [5.41, 5.74) is 0.372. The van der Waals surface area contributed by atoms with E-state index in [1.807, 2.05) is 0 Å². The molecule has 0 bridgehead atoms. The number of likely N-dealkylation sites (tertiary alicyclic amines) is 1. The predicted octanol–water partition coefficient (Wildman–Crippen LogP) is 2.00. The van der Waals surface area contributed by atoms with Crippen LogP contribution < -0.4 is 5.32 Å². The molecule has 0 saturated carbocycles. The maximum Gasteiger partial charge on any atom is 0.0238 e. The molecule has 82 valence electrons. The molecule has 2 fully saturated rings. The molecule has 2 heteroatoms. The Bertz CT molecular complexity index is 178. The molecule has 0 radical (unpaired) electrons. The maximum absolute atomic E-state index is 3.62. The van der Waals surface area contributed by atoms with Crippen LogP contribution in [0.2, 0.25) is 0 Å². The third-order valence-electron chi connectivity index (χ3n) is 3.72. The van der Waals surface area contributed by atoms with Gasteiger partial charge in [-0.05, 0) is 46.2 Å². The second kappa shape index (κ2) is 4.19. The molecular weight excluding hydrogens is 172 g/mol. The topological polar surface area (TPSA) is 15.3 Å². The minimum absolute atomic E-state index is 0.372. The molecule has 0 aromatic heterocycles. The van der Waals surface area contributed by atoms with Crippen molar-refractivity contribution in [1.29, 1.82) is 0 Å². The van der Waals surface area contributed by atoms with Gasteiger partial charge in [-0.2, -0.15) is 0 Å². The highest BCUT2D eigenvalue weighted by atomic mass is 15.2. The summed E-state index contributed by atoms with van der Waals surface area (Å²) in [6, 6.07) is 0.808. The second-order valence-corrected chi connectivity index (χ2v) is 5.57. The lowest BCUT2D eigenvalue weighted by molar-refractivity contribution is 0.210. The zero-order chi connectivity index (χ0) is 10.0. The largest absolute Gasteiger partial charge is 0.310 e. The third-order valence-corrected chi connectivity index (χ3v) is 3.72. The summed E-state index contributed by atoms with van der Waals surface area (Å²) in [6.07, 6.45) is 7.04. The van der Waals surface area contributed by atoms with E-state index in [0.717, 1.165) is 6.04 Å². The molecule has 0 aromatic carbocycles. The molecule has 0 aliphatic carbocycles. The molecule has 2 aliphatic rings. The zero-order valence-electron chi connectivity index (χ0n) is 9.68. The maximum atomic E-state index is 3.62. The van der Waals surface area contributed by atoms with Crippen LogP contribution >= 0.6 is 0 Å². The SMILES string of the molecule is CC1(C)CC(N2CCCCCC2)CN1. The molecule has 2 aliphatic heterocycles. The fourth-order valence-electron chi connectivity index (χ4n) is 2.85. The standard InChI is InChI=1S/C12H24N2/c1-12(2)9-11(10-13-12)14-7-5-3-4-6-8-14/h11,13H,3-10H2,1-2H3. The van der Waals surface area contributed by atoms with Crippen LogP contribution in [0, 0.1) is 0 Å². The van der Waals surface area contributed by atoms with E-state index in [2.05, 4.69) is 24.1 Å². The Morgan fingerprint density at radius 2 is 1.71 bits per heavy atom. The third kappa shape index (κ3) is 2.48. The Hall–Kier alpha value is -0.0800. The quantitative estimate of drug-likeness (QED) is 0.690. The first kappa shape index (κ1) is 10.4. The van der Waals surface area contributed by atoms with Crippen molar-refractivity contribution in [2.24, 2.45) is 0 Å². The molecule has 0 amide bonds. The first-order chi connectivity index (χ1) is 6.67. The molecule has 1 unspecified atom stereocenters. The molecule has 1 atom stereocenters. The van der Waals surface area contributed by atoms with Gasteiger partial charge >= 0.3 is 0 Å². The van der Waals surface area contributed by atoms with Crippen molar-refractivity contribution in [3.63, 3.8) is 0 Å². The Labute approximate surface area is 88.1 Å². The van der Waals surface area contributed by atoms with Gasteiger partial charge in [-0.3, -0.25) is 4.90 Å². The van der Waals surface area contributed by atoms with E-state index in [0.29, 0.717) is 5.54 Å². The summed E-state index contributed by atoms with van der Waals surface area (Å²) < 4.78 is 0. The van der Waals surface area contributed by atoms with Gasteiger partial charge in [0, 0.05) is 18.1 Å². The van der Waals surface area contributed by atoms with Crippen molar-refractivity contribution < 1.29 is 0 Å². The van der Waals surface area contributed by atoms with Crippen molar-refractivity contribution in [3.05, 3.63) is 0 Å². The summed E-state index contributed by atoms with van der Waals surface area (Å²) in [5.74, 6) is 0. The van der Waals surface area contributed by atoms with Crippen LogP contribution in [0.4, 0.5) is 0 Å². The van der Waals surface area contributed by atoms with Crippen molar-refractivity contribution >= 4 is 0 Å². The normalized spacial score (nSPS) is 34.3. The van der Waals surface area contributed by atoms with Gasteiger partial charge in [-0.25, -0.2) is 0 Å². The van der Waals surface area contributed by atoms with E-state index < -0.39 is 0 Å². The summed E-state index contributed by atoms with van der Waals surface area (Å²) in [5, 5.41) is 3.62. The van der Waals surface area contributed by atoms with Gasteiger partial charge < -0.3 is 5.32 Å². The number of hydrogen-bond donors (Lipinski definition) is 1. The number of nitrogens with one attached hydrogen (secondary N) is 1. The molecule has 0 aromatic rings. The fourth-order valence-corrected chi connectivity index (χ4v) is 2.85. The highest BCUT2D eigenvalue weighted by Crippen LogP contribution is 2.24. The summed E-state index contributed by atoms with van der Waals surface area (Å²) in [4.78, 5) is 2.72. The van der Waals surface area contributed by atoms with Gasteiger partial charge in [0.05, 0.1) is 0 Å². The Morgan fingerprint density at radius 3 is 2.21 bits per heavy atom. The van der Waals surface area contributed by atoms with Crippen LogP contribution in [0.1, 0.15) is 46.0 Å². The van der Waals surface area contributed by atoms with Gasteiger partial charge in [-0.15, -0.1) is 0 Å². The molecule has 2 rings (SSSR count). The van der Waals surface area contributed by atoms with Gasteiger partial charge in [-0.1, -0.05) is 12.8 Å². The Kier molecular flexibility index (Phi) is 3.13. The minimum atomic E-state index is 0.372. The van der Waals surface area contributed by atoms with Gasteiger partial charge in [0.1, 0.15) is 0 Å². The number of nitrogens with zero attached hydrogens (tertiary/aromatic N) is 1. The van der Waals surface area contributed by atoms with Gasteiger partial charge in [0.15, 0.2) is 0 Å². The lowest BCUT2D eigenvalue weighted by Crippen LogP contribution is -2.37.